The molecule has 0 N–H and O–H groups in total. The van der Waals surface area contributed by atoms with Crippen molar-refractivity contribution in [2.45, 2.75) is 43.1 Å². The van der Waals surface area contributed by atoms with Crippen molar-refractivity contribution < 1.29 is 41.0 Å². The molecule has 2 atom stereocenters. The van der Waals surface area contributed by atoms with E-state index in [1.807, 2.05) is 12.1 Å². The number of nitrogens with zero attached hydrogens (tertiary/aromatic N) is 2. The number of piperidine rings is 1. The number of rotatable bonds is 5. The van der Waals surface area contributed by atoms with Crippen molar-refractivity contribution in [3.8, 4) is 5.75 Å². The lowest BCUT2D eigenvalue weighted by atomic mass is 9.82. The Morgan fingerprint density at radius 2 is 2.00 bits per heavy atom. The third-order valence-electron chi connectivity index (χ3n) is 6.81. The maximum atomic E-state index is 13.7. The number of ether oxygens (including phenoxy) is 3. The molecule has 2 aromatic rings. The second-order valence-corrected chi connectivity index (χ2v) is 9.17. The van der Waals surface area contributed by atoms with Gasteiger partial charge in [0.15, 0.2) is 0 Å². The minimum atomic E-state index is -4.78. The van der Waals surface area contributed by atoms with Gasteiger partial charge in [0.2, 0.25) is 5.92 Å². The van der Waals surface area contributed by atoms with Gasteiger partial charge in [-0.2, -0.15) is 13.2 Å². The lowest BCUT2D eigenvalue weighted by Crippen LogP contribution is -2.53. The van der Waals surface area contributed by atoms with E-state index in [1.54, 1.807) is 12.3 Å². The summed E-state index contributed by atoms with van der Waals surface area (Å²) in [6.07, 6.45) is -4.10. The lowest BCUT2D eigenvalue weighted by Gasteiger charge is -2.41. The summed E-state index contributed by atoms with van der Waals surface area (Å²) in [6.45, 7) is 0.156. The van der Waals surface area contributed by atoms with E-state index in [4.69, 9.17) is 14.2 Å². The summed E-state index contributed by atoms with van der Waals surface area (Å²) in [7, 11) is 0. The predicted molar refractivity (Wildman–Crippen MR) is 112 cm³/mol. The number of amides is 1. The van der Waals surface area contributed by atoms with Gasteiger partial charge in [0.1, 0.15) is 24.2 Å². The Bertz CT molecular complexity index is 1090. The molecule has 3 fully saturated rings. The van der Waals surface area contributed by atoms with Crippen molar-refractivity contribution in [1.82, 2.24) is 9.88 Å². The van der Waals surface area contributed by atoms with Crippen LogP contribution in [0, 0.1) is 5.92 Å². The summed E-state index contributed by atoms with van der Waals surface area (Å²) in [4.78, 5) is 18.9. The van der Waals surface area contributed by atoms with E-state index in [0.29, 0.717) is 12.1 Å². The largest absolute Gasteiger partial charge is 0.493 e. The maximum Gasteiger partial charge on any atom is 0.419 e. The van der Waals surface area contributed by atoms with Crippen molar-refractivity contribution in [2.24, 2.45) is 5.92 Å². The molecule has 6 nitrogen and oxygen atoms in total. The van der Waals surface area contributed by atoms with E-state index in [0.717, 1.165) is 12.1 Å². The molecular formula is C24H23F5N2O4. The van der Waals surface area contributed by atoms with Crippen molar-refractivity contribution in [1.29, 1.82) is 0 Å². The molecule has 35 heavy (non-hydrogen) atoms. The topological polar surface area (TPSA) is 60.9 Å². The Morgan fingerprint density at radius 1 is 1.20 bits per heavy atom. The zero-order valence-corrected chi connectivity index (χ0v) is 18.6. The molecule has 3 aliphatic rings. The average molecular weight is 498 g/mol. The maximum absolute atomic E-state index is 13.7. The zero-order chi connectivity index (χ0) is 24.8. The third kappa shape index (κ3) is 4.58. The van der Waals surface area contributed by atoms with Crippen molar-refractivity contribution in [3.63, 3.8) is 0 Å². The number of alkyl halides is 5. The summed E-state index contributed by atoms with van der Waals surface area (Å²) in [5.41, 5.74) is -1.40. The summed E-state index contributed by atoms with van der Waals surface area (Å²) < 4.78 is 84.0. The van der Waals surface area contributed by atoms with Gasteiger partial charge in [0, 0.05) is 43.5 Å². The molecule has 0 spiro atoms. The SMILES string of the molecule is O=C(c1ccc(OCC2CC(F)(F)C2)c(C(F)(F)F)c1)N1CC[C@]2(c3ccccn3)OCO[C@@H]2C1. The fraction of sp³-hybridized carbons (Fsp3) is 0.500. The molecule has 1 amide bonds. The molecule has 3 heterocycles. The number of fused-ring (bicyclic) bond motifs is 1. The highest BCUT2D eigenvalue weighted by molar-refractivity contribution is 5.94. The van der Waals surface area contributed by atoms with Crippen LogP contribution >= 0.6 is 0 Å². The van der Waals surface area contributed by atoms with Crippen molar-refractivity contribution in [3.05, 3.63) is 59.4 Å². The van der Waals surface area contributed by atoms with Crippen LogP contribution in [0.2, 0.25) is 0 Å². The van der Waals surface area contributed by atoms with Gasteiger partial charge in [-0.1, -0.05) is 6.07 Å². The molecular weight excluding hydrogens is 475 g/mol. The van der Waals surface area contributed by atoms with E-state index < -0.39 is 59.8 Å². The highest BCUT2D eigenvalue weighted by atomic mass is 19.4. The van der Waals surface area contributed by atoms with Crippen LogP contribution in [0.4, 0.5) is 22.0 Å². The summed E-state index contributed by atoms with van der Waals surface area (Å²) >= 11 is 0. The number of halogens is 5. The van der Waals surface area contributed by atoms with Crippen LogP contribution in [0.5, 0.6) is 5.75 Å². The van der Waals surface area contributed by atoms with Gasteiger partial charge in [-0.05, 0) is 30.3 Å². The minimum absolute atomic E-state index is 0.0282. The first-order valence-corrected chi connectivity index (χ1v) is 11.3. The molecule has 0 unspecified atom stereocenters. The van der Waals surface area contributed by atoms with Gasteiger partial charge in [-0.25, -0.2) is 8.78 Å². The molecule has 1 saturated carbocycles. The van der Waals surface area contributed by atoms with Gasteiger partial charge in [-0.3, -0.25) is 9.78 Å². The van der Waals surface area contributed by atoms with Crippen LogP contribution in [0.3, 0.4) is 0 Å². The smallest absolute Gasteiger partial charge is 0.419 e. The van der Waals surface area contributed by atoms with E-state index in [1.165, 1.54) is 11.0 Å². The Balaban J connectivity index is 1.31. The molecule has 11 heteroatoms. The van der Waals surface area contributed by atoms with Crippen molar-refractivity contribution >= 4 is 5.91 Å². The fourth-order valence-electron chi connectivity index (χ4n) is 4.94. The van der Waals surface area contributed by atoms with E-state index in [2.05, 4.69) is 4.98 Å². The number of hydrogen-bond acceptors (Lipinski definition) is 5. The first kappa shape index (κ1) is 23.9. The highest BCUT2D eigenvalue weighted by Gasteiger charge is 2.52. The first-order chi connectivity index (χ1) is 16.6. The number of carbonyl (C=O) groups excluding carboxylic acids is 1. The molecule has 188 valence electrons. The number of carbonyl (C=O) groups is 1. The number of hydrogen-bond donors (Lipinski definition) is 0. The van der Waals surface area contributed by atoms with Gasteiger partial charge >= 0.3 is 6.18 Å². The predicted octanol–water partition coefficient (Wildman–Crippen LogP) is 4.64. The van der Waals surface area contributed by atoms with Gasteiger partial charge in [-0.15, -0.1) is 0 Å². The van der Waals surface area contributed by atoms with Crippen LogP contribution < -0.4 is 4.74 Å². The third-order valence-corrected chi connectivity index (χ3v) is 6.81. The summed E-state index contributed by atoms with van der Waals surface area (Å²) in [6, 6.07) is 8.50. The van der Waals surface area contributed by atoms with Crippen LogP contribution in [0.1, 0.15) is 40.9 Å². The molecule has 0 radical (unpaired) electrons. The van der Waals surface area contributed by atoms with Crippen LogP contribution in [0.25, 0.3) is 0 Å². The van der Waals surface area contributed by atoms with Gasteiger partial charge in [0.25, 0.3) is 5.91 Å². The second kappa shape index (κ2) is 8.70. The van der Waals surface area contributed by atoms with Crippen LogP contribution in [-0.4, -0.2) is 54.3 Å². The van der Waals surface area contributed by atoms with Crippen LogP contribution in [0.15, 0.2) is 42.6 Å². The molecule has 1 aromatic carbocycles. The highest BCUT2D eigenvalue weighted by Crippen LogP contribution is 2.44. The lowest BCUT2D eigenvalue weighted by molar-refractivity contribution is -0.140. The Morgan fingerprint density at radius 3 is 2.69 bits per heavy atom. The van der Waals surface area contributed by atoms with Gasteiger partial charge in [0.05, 0.1) is 24.4 Å². The number of likely N-dealkylation sites (tertiary alicyclic amines) is 1. The Labute approximate surface area is 198 Å². The Hall–Kier alpha value is -2.79. The van der Waals surface area contributed by atoms with E-state index in [-0.39, 0.29) is 32.1 Å². The normalized spacial score (nSPS) is 26.2. The minimum Gasteiger partial charge on any atom is -0.493 e. The number of pyridine rings is 1. The van der Waals surface area contributed by atoms with E-state index in [9.17, 15) is 26.7 Å². The first-order valence-electron chi connectivity index (χ1n) is 11.3. The zero-order valence-electron chi connectivity index (χ0n) is 18.6. The Kier molecular flexibility index (Phi) is 5.95. The molecule has 5 rings (SSSR count). The van der Waals surface area contributed by atoms with E-state index >= 15 is 0 Å². The summed E-state index contributed by atoms with van der Waals surface area (Å²) in [5, 5.41) is 0. The molecule has 1 aliphatic carbocycles. The number of benzene rings is 1. The molecule has 2 aliphatic heterocycles. The molecule has 2 saturated heterocycles. The summed E-state index contributed by atoms with van der Waals surface area (Å²) in [5.74, 6) is -4.35. The molecule has 1 aromatic heterocycles. The van der Waals surface area contributed by atoms with Gasteiger partial charge < -0.3 is 19.1 Å². The fourth-order valence-corrected chi connectivity index (χ4v) is 4.94. The van der Waals surface area contributed by atoms with Crippen LogP contribution in [-0.2, 0) is 21.3 Å². The second-order valence-electron chi connectivity index (χ2n) is 9.17. The molecule has 0 bridgehead atoms. The quantitative estimate of drug-likeness (QED) is 0.563. The number of aromatic nitrogens is 1. The standard InChI is InChI=1S/C24H23F5N2O4/c25-22(26)10-15(11-22)13-33-18-5-4-16(9-17(18)24(27,28)29)21(32)31-8-6-23(19-3-1-2-7-30-19)20(12-31)34-14-35-23/h1-5,7,9,15,20H,6,8,10-14H2/t20-,23-/m1/s1. The van der Waals surface area contributed by atoms with Crippen molar-refractivity contribution in [2.75, 3.05) is 26.5 Å². The average Bonchev–Trinajstić information content (AvgIpc) is 3.25. The monoisotopic (exact) mass is 498 g/mol.